The van der Waals surface area contributed by atoms with Gasteiger partial charge < -0.3 is 9.88 Å². The number of aryl methyl sites for hydroxylation is 1. The number of nitrogens with one attached hydrogen (secondary N) is 1. The first-order chi connectivity index (χ1) is 13.9. The van der Waals surface area contributed by atoms with Crippen LogP contribution >= 0.6 is 11.8 Å². The van der Waals surface area contributed by atoms with Crippen molar-refractivity contribution in [2.75, 3.05) is 0 Å². The van der Waals surface area contributed by atoms with Crippen LogP contribution in [0.3, 0.4) is 0 Å². The Balaban J connectivity index is 1.27. The molecule has 29 heavy (non-hydrogen) atoms. The Labute approximate surface area is 177 Å². The summed E-state index contributed by atoms with van der Waals surface area (Å²) in [5.74, 6) is 3.49. The van der Waals surface area contributed by atoms with Gasteiger partial charge in [-0.05, 0) is 76.2 Å². The van der Waals surface area contributed by atoms with Crippen LogP contribution in [0.4, 0.5) is 0 Å². The van der Waals surface area contributed by atoms with Crippen LogP contribution in [0.1, 0.15) is 51.0 Å². The highest BCUT2D eigenvalue weighted by Gasteiger charge is 2.51. The van der Waals surface area contributed by atoms with Gasteiger partial charge in [-0.3, -0.25) is 4.79 Å². The van der Waals surface area contributed by atoms with Crippen LogP contribution < -0.4 is 5.32 Å². The molecule has 154 valence electrons. The molecule has 4 aliphatic rings. The van der Waals surface area contributed by atoms with Crippen LogP contribution in [0.25, 0.3) is 11.4 Å². The van der Waals surface area contributed by atoms with E-state index in [4.69, 9.17) is 0 Å². The molecule has 6 rings (SSSR count). The van der Waals surface area contributed by atoms with Crippen molar-refractivity contribution in [3.63, 3.8) is 0 Å². The zero-order valence-electron chi connectivity index (χ0n) is 17.5. The third kappa shape index (κ3) is 3.60. The molecule has 2 aromatic rings. The summed E-state index contributed by atoms with van der Waals surface area (Å²) in [7, 11) is 1.98. The minimum absolute atomic E-state index is 0.0628. The molecule has 0 saturated heterocycles. The summed E-state index contributed by atoms with van der Waals surface area (Å²) in [5.41, 5.74) is 2.31. The molecule has 1 unspecified atom stereocenters. The van der Waals surface area contributed by atoms with Crippen LogP contribution in [0.2, 0.25) is 0 Å². The summed E-state index contributed by atoms with van der Waals surface area (Å²) < 4.78 is 1.99. The number of amides is 1. The summed E-state index contributed by atoms with van der Waals surface area (Å²) in [6.07, 6.45) is 7.72. The Kier molecular flexibility index (Phi) is 4.72. The second-order valence-corrected chi connectivity index (χ2v) is 11.0. The molecule has 1 aromatic carbocycles. The Bertz CT molecular complexity index is 901. The van der Waals surface area contributed by atoms with Crippen molar-refractivity contribution < 1.29 is 4.79 Å². The minimum atomic E-state index is -0.184. The average molecular weight is 411 g/mol. The van der Waals surface area contributed by atoms with Crippen molar-refractivity contribution in [3.8, 4) is 11.4 Å². The predicted octanol–water partition coefficient (Wildman–Crippen LogP) is 4.36. The molecule has 1 N–H and O–H groups in total. The van der Waals surface area contributed by atoms with Gasteiger partial charge in [-0.1, -0.05) is 35.5 Å². The van der Waals surface area contributed by atoms with E-state index in [1.54, 1.807) is 0 Å². The number of nitrogens with zero attached hydrogens (tertiary/aromatic N) is 3. The zero-order chi connectivity index (χ0) is 20.2. The van der Waals surface area contributed by atoms with Crippen molar-refractivity contribution in [2.45, 2.75) is 68.3 Å². The highest BCUT2D eigenvalue weighted by Crippen LogP contribution is 2.55. The van der Waals surface area contributed by atoms with Crippen molar-refractivity contribution >= 4 is 17.7 Å². The third-order valence-corrected chi connectivity index (χ3v) is 8.32. The molecule has 5 nitrogen and oxygen atoms in total. The van der Waals surface area contributed by atoms with Crippen molar-refractivity contribution in [1.82, 2.24) is 20.1 Å². The quantitative estimate of drug-likeness (QED) is 0.744. The molecule has 4 aliphatic carbocycles. The average Bonchev–Trinajstić information content (AvgIpc) is 3.00. The summed E-state index contributed by atoms with van der Waals surface area (Å²) in [6, 6.07) is 8.27. The maximum absolute atomic E-state index is 13.1. The number of benzene rings is 1. The first kappa shape index (κ1) is 19.2. The van der Waals surface area contributed by atoms with Gasteiger partial charge in [0.05, 0.1) is 5.25 Å². The monoisotopic (exact) mass is 410 g/mol. The Hall–Kier alpha value is -1.82. The third-order valence-electron chi connectivity index (χ3n) is 7.19. The van der Waals surface area contributed by atoms with E-state index in [9.17, 15) is 4.79 Å². The maximum atomic E-state index is 13.1. The van der Waals surface area contributed by atoms with Gasteiger partial charge in [0.25, 0.3) is 0 Å². The summed E-state index contributed by atoms with van der Waals surface area (Å²) in [5, 5.41) is 12.8. The van der Waals surface area contributed by atoms with E-state index in [1.165, 1.54) is 55.9 Å². The van der Waals surface area contributed by atoms with E-state index < -0.39 is 0 Å². The van der Waals surface area contributed by atoms with Gasteiger partial charge >= 0.3 is 0 Å². The fourth-order valence-corrected chi connectivity index (χ4v) is 7.11. The Morgan fingerprint density at radius 3 is 2.45 bits per heavy atom. The lowest BCUT2D eigenvalue weighted by Gasteiger charge is -2.57. The molecular weight excluding hydrogens is 380 g/mol. The van der Waals surface area contributed by atoms with E-state index >= 15 is 0 Å². The lowest BCUT2D eigenvalue weighted by atomic mass is 9.53. The number of aromatic nitrogens is 3. The molecule has 1 amide bonds. The molecule has 6 heteroatoms. The van der Waals surface area contributed by atoms with Gasteiger partial charge in [-0.15, -0.1) is 10.2 Å². The van der Waals surface area contributed by atoms with Gasteiger partial charge in [0.1, 0.15) is 0 Å². The standard InChI is InChI=1S/C23H30N4OS/c1-14-5-4-6-19(7-14)20-25-26-22(27(20)3)29-15(2)21(28)24-23-11-16-8-17(12-23)10-18(9-16)13-23/h4-7,15-18H,8-13H2,1-3H3,(H,24,28). The van der Waals surface area contributed by atoms with Crippen LogP contribution in [0.5, 0.6) is 0 Å². The van der Waals surface area contributed by atoms with E-state index in [2.05, 4.69) is 40.6 Å². The highest BCUT2D eigenvalue weighted by atomic mass is 32.2. The maximum Gasteiger partial charge on any atom is 0.233 e. The van der Waals surface area contributed by atoms with Crippen LogP contribution in [-0.2, 0) is 11.8 Å². The van der Waals surface area contributed by atoms with Crippen molar-refractivity contribution in [1.29, 1.82) is 0 Å². The number of hydrogen-bond acceptors (Lipinski definition) is 4. The van der Waals surface area contributed by atoms with Crippen LogP contribution in [0, 0.1) is 24.7 Å². The van der Waals surface area contributed by atoms with Gasteiger partial charge in [0, 0.05) is 18.2 Å². The molecule has 4 fully saturated rings. The zero-order valence-corrected chi connectivity index (χ0v) is 18.3. The molecule has 0 radical (unpaired) electrons. The van der Waals surface area contributed by atoms with Gasteiger partial charge in [-0.25, -0.2) is 0 Å². The van der Waals surface area contributed by atoms with Crippen LogP contribution in [0.15, 0.2) is 29.4 Å². The number of thioether (sulfide) groups is 1. The molecule has 1 atom stereocenters. The number of carbonyl (C=O) groups excluding carboxylic acids is 1. The molecule has 0 aliphatic heterocycles. The SMILES string of the molecule is Cc1cccc(-c2nnc(SC(C)C(=O)NC34CC5CC(CC(C5)C3)C4)n2C)c1. The molecule has 1 heterocycles. The molecular formula is C23H30N4OS. The van der Waals surface area contributed by atoms with Gasteiger partial charge in [-0.2, -0.15) is 0 Å². The van der Waals surface area contributed by atoms with Crippen molar-refractivity contribution in [2.24, 2.45) is 24.8 Å². The predicted molar refractivity (Wildman–Crippen MR) is 116 cm³/mol. The first-order valence-corrected chi connectivity index (χ1v) is 11.7. The fraction of sp³-hybridized carbons (Fsp3) is 0.609. The Morgan fingerprint density at radius 2 is 1.83 bits per heavy atom. The van der Waals surface area contributed by atoms with E-state index in [0.29, 0.717) is 0 Å². The highest BCUT2D eigenvalue weighted by molar-refractivity contribution is 8.00. The molecule has 1 aromatic heterocycles. The Morgan fingerprint density at radius 1 is 1.17 bits per heavy atom. The molecule has 4 bridgehead atoms. The van der Waals surface area contributed by atoms with Gasteiger partial charge in [0.15, 0.2) is 11.0 Å². The van der Waals surface area contributed by atoms with Crippen LogP contribution in [-0.4, -0.2) is 31.5 Å². The lowest BCUT2D eigenvalue weighted by molar-refractivity contribution is -0.126. The summed E-state index contributed by atoms with van der Waals surface area (Å²) >= 11 is 1.50. The summed E-state index contributed by atoms with van der Waals surface area (Å²) in [4.78, 5) is 13.1. The van der Waals surface area contributed by atoms with Gasteiger partial charge in [0.2, 0.25) is 5.91 Å². The number of carbonyl (C=O) groups is 1. The largest absolute Gasteiger partial charge is 0.350 e. The van der Waals surface area contributed by atoms with E-state index in [-0.39, 0.29) is 16.7 Å². The first-order valence-electron chi connectivity index (χ1n) is 10.9. The molecule has 0 spiro atoms. The lowest BCUT2D eigenvalue weighted by Crippen LogP contribution is -2.60. The minimum Gasteiger partial charge on any atom is -0.350 e. The summed E-state index contributed by atoms with van der Waals surface area (Å²) in [6.45, 7) is 4.06. The number of hydrogen-bond donors (Lipinski definition) is 1. The fourth-order valence-electron chi connectivity index (χ4n) is 6.29. The number of rotatable bonds is 5. The topological polar surface area (TPSA) is 59.8 Å². The second kappa shape index (κ2) is 7.15. The van der Waals surface area contributed by atoms with E-state index in [1.807, 2.05) is 24.6 Å². The molecule has 4 saturated carbocycles. The second-order valence-electron chi connectivity index (χ2n) is 9.68. The van der Waals surface area contributed by atoms with E-state index in [0.717, 1.165) is 34.3 Å². The van der Waals surface area contributed by atoms with Crippen molar-refractivity contribution in [3.05, 3.63) is 29.8 Å². The smallest absolute Gasteiger partial charge is 0.233 e. The normalized spacial score (nSPS) is 31.1.